The fourth-order valence-corrected chi connectivity index (χ4v) is 3.78. The van der Waals surface area contributed by atoms with Crippen molar-refractivity contribution in [2.45, 2.75) is 13.5 Å². The summed E-state index contributed by atoms with van der Waals surface area (Å²) in [4.78, 5) is 28.6. The number of hydrogen-bond acceptors (Lipinski definition) is 3. The molecule has 0 atom stereocenters. The first-order chi connectivity index (χ1) is 15.9. The average molecular weight is 445 g/mol. The van der Waals surface area contributed by atoms with Gasteiger partial charge in [0.05, 0.1) is 25.0 Å². The smallest absolute Gasteiger partial charge is 0.295 e. The van der Waals surface area contributed by atoms with Gasteiger partial charge in [-0.25, -0.2) is 9.07 Å². The van der Waals surface area contributed by atoms with E-state index in [2.05, 4.69) is 0 Å². The number of carbonyl (C=O) groups is 1. The van der Waals surface area contributed by atoms with Crippen molar-refractivity contribution in [3.05, 3.63) is 112 Å². The first kappa shape index (κ1) is 22.1. The number of rotatable bonds is 6. The summed E-state index contributed by atoms with van der Waals surface area (Å²) in [6, 6.07) is 21.9. The highest BCUT2D eigenvalue weighted by molar-refractivity contribution is 6.06. The fourth-order valence-electron chi connectivity index (χ4n) is 3.78. The molecule has 4 rings (SSSR count). The highest BCUT2D eigenvalue weighted by Gasteiger charge is 2.27. The summed E-state index contributed by atoms with van der Waals surface area (Å²) < 4.78 is 22.0. The predicted octanol–water partition coefficient (Wildman–Crippen LogP) is 4.48. The van der Waals surface area contributed by atoms with E-state index in [4.69, 9.17) is 4.74 Å². The zero-order valence-corrected chi connectivity index (χ0v) is 18.7. The molecule has 0 bridgehead atoms. The maximum atomic E-state index is 13.6. The van der Waals surface area contributed by atoms with Crippen molar-refractivity contribution < 1.29 is 13.9 Å². The lowest BCUT2D eigenvalue weighted by atomic mass is 10.1. The minimum atomic E-state index is -0.435. The molecular weight excluding hydrogens is 421 g/mol. The average Bonchev–Trinajstić information content (AvgIpc) is 3.06. The number of halogens is 1. The summed E-state index contributed by atoms with van der Waals surface area (Å²) in [7, 11) is 3.36. The van der Waals surface area contributed by atoms with Gasteiger partial charge < -0.3 is 4.74 Å². The molecule has 0 N–H and O–H groups in total. The highest BCUT2D eigenvalue weighted by atomic mass is 19.1. The van der Waals surface area contributed by atoms with Gasteiger partial charge >= 0.3 is 0 Å². The highest BCUT2D eigenvalue weighted by Crippen LogP contribution is 2.24. The van der Waals surface area contributed by atoms with Crippen LogP contribution in [-0.4, -0.2) is 22.4 Å². The second-order valence-corrected chi connectivity index (χ2v) is 7.66. The van der Waals surface area contributed by atoms with E-state index in [0.717, 1.165) is 5.56 Å². The number of aromatic nitrogens is 2. The normalized spacial score (nSPS) is 10.8. The number of amides is 1. The predicted molar refractivity (Wildman–Crippen MR) is 126 cm³/mol. The van der Waals surface area contributed by atoms with E-state index < -0.39 is 11.7 Å². The number of benzene rings is 3. The van der Waals surface area contributed by atoms with Gasteiger partial charge in [-0.05, 0) is 61.0 Å². The van der Waals surface area contributed by atoms with Crippen molar-refractivity contribution >= 4 is 11.6 Å². The summed E-state index contributed by atoms with van der Waals surface area (Å²) in [5.74, 6) is -0.134. The molecule has 3 aromatic carbocycles. The Morgan fingerprint density at radius 3 is 2.21 bits per heavy atom. The summed E-state index contributed by atoms with van der Waals surface area (Å²) in [6.45, 7) is 1.96. The van der Waals surface area contributed by atoms with Crippen LogP contribution in [0.4, 0.5) is 10.1 Å². The lowest BCUT2D eigenvalue weighted by molar-refractivity contribution is 0.0984. The first-order valence-corrected chi connectivity index (χ1v) is 10.4. The van der Waals surface area contributed by atoms with Crippen LogP contribution in [0.3, 0.4) is 0 Å². The molecule has 0 aliphatic heterocycles. The largest absolute Gasteiger partial charge is 0.497 e. The van der Waals surface area contributed by atoms with Crippen molar-refractivity contribution in [3.63, 3.8) is 0 Å². The van der Waals surface area contributed by atoms with Crippen LogP contribution in [0.1, 0.15) is 21.6 Å². The van der Waals surface area contributed by atoms with Gasteiger partial charge in [0.2, 0.25) is 0 Å². The van der Waals surface area contributed by atoms with E-state index in [-0.39, 0.29) is 17.8 Å². The van der Waals surface area contributed by atoms with Crippen LogP contribution < -0.4 is 15.2 Å². The molecule has 1 aromatic heterocycles. The molecule has 0 fully saturated rings. The van der Waals surface area contributed by atoms with Crippen LogP contribution in [0.15, 0.2) is 83.7 Å². The lowest BCUT2D eigenvalue weighted by Crippen LogP contribution is -2.35. The summed E-state index contributed by atoms with van der Waals surface area (Å²) >= 11 is 0. The second kappa shape index (κ2) is 9.16. The SMILES string of the molecule is COc1ccc(CN(C(=O)c2ccc(F)cc2)c2c(C)n(C)n(-c3ccccc3)c2=O)cc1. The van der Waals surface area contributed by atoms with Crippen LogP contribution in [-0.2, 0) is 13.6 Å². The summed E-state index contributed by atoms with van der Waals surface area (Å²) in [6.07, 6.45) is 0. The number of methoxy groups -OCH3 is 1. The minimum absolute atomic E-state index is 0.162. The molecule has 0 aliphatic carbocycles. The molecular formula is C26H24FN3O3. The maximum absolute atomic E-state index is 13.6. The Morgan fingerprint density at radius 1 is 0.970 bits per heavy atom. The standard InChI is InChI=1S/C26H24FN3O3/c1-18-24(26(32)30(28(18)2)22-7-5-4-6-8-22)29(17-19-9-15-23(33-3)16-10-19)25(31)20-11-13-21(27)14-12-20/h4-16H,17H2,1-3H3. The third-order valence-corrected chi connectivity index (χ3v) is 5.63. The van der Waals surface area contributed by atoms with Gasteiger partial charge in [0.25, 0.3) is 11.5 Å². The Hall–Kier alpha value is -4.13. The van der Waals surface area contributed by atoms with Crippen molar-refractivity contribution in [1.29, 1.82) is 0 Å². The number of nitrogens with zero attached hydrogens (tertiary/aromatic N) is 3. The molecule has 0 aliphatic rings. The maximum Gasteiger partial charge on any atom is 0.295 e. The van der Waals surface area contributed by atoms with E-state index in [0.29, 0.717) is 22.7 Å². The molecule has 0 unspecified atom stereocenters. The first-order valence-electron chi connectivity index (χ1n) is 10.4. The van der Waals surface area contributed by atoms with Gasteiger partial charge in [0, 0.05) is 12.6 Å². The third-order valence-electron chi connectivity index (χ3n) is 5.63. The quantitative estimate of drug-likeness (QED) is 0.440. The minimum Gasteiger partial charge on any atom is -0.497 e. The van der Waals surface area contributed by atoms with Crippen LogP contribution in [0, 0.1) is 12.7 Å². The van der Waals surface area contributed by atoms with Gasteiger partial charge in [-0.1, -0.05) is 30.3 Å². The fraction of sp³-hybridized carbons (Fsp3) is 0.154. The van der Waals surface area contributed by atoms with Gasteiger partial charge in [-0.3, -0.25) is 19.2 Å². The number of carbonyl (C=O) groups excluding carboxylic acids is 1. The van der Waals surface area contributed by atoms with Gasteiger partial charge in [-0.2, -0.15) is 0 Å². The van der Waals surface area contributed by atoms with E-state index in [1.165, 1.54) is 33.8 Å². The Labute approximate surface area is 191 Å². The van der Waals surface area contributed by atoms with Crippen molar-refractivity contribution in [2.24, 2.45) is 7.05 Å². The van der Waals surface area contributed by atoms with E-state index in [1.54, 1.807) is 37.9 Å². The number of hydrogen-bond donors (Lipinski definition) is 0. The van der Waals surface area contributed by atoms with Gasteiger partial charge in [0.15, 0.2) is 0 Å². The second-order valence-electron chi connectivity index (χ2n) is 7.66. The van der Waals surface area contributed by atoms with Crippen molar-refractivity contribution in [1.82, 2.24) is 9.36 Å². The zero-order chi connectivity index (χ0) is 23.5. The molecule has 1 heterocycles. The van der Waals surface area contributed by atoms with Crippen LogP contribution in [0.2, 0.25) is 0 Å². The van der Waals surface area contributed by atoms with Crippen LogP contribution in [0.5, 0.6) is 5.75 Å². The Bertz CT molecular complexity index is 1320. The van der Waals surface area contributed by atoms with Crippen molar-refractivity contribution in [3.8, 4) is 11.4 Å². The molecule has 6 nitrogen and oxygen atoms in total. The van der Waals surface area contributed by atoms with Crippen molar-refractivity contribution in [2.75, 3.05) is 12.0 Å². The third kappa shape index (κ3) is 4.30. The van der Waals surface area contributed by atoms with Gasteiger partial charge in [0.1, 0.15) is 17.3 Å². The molecule has 0 radical (unpaired) electrons. The number of para-hydroxylation sites is 1. The van der Waals surface area contributed by atoms with Crippen LogP contribution >= 0.6 is 0 Å². The topological polar surface area (TPSA) is 56.5 Å². The molecule has 0 spiro atoms. The van der Waals surface area contributed by atoms with E-state index >= 15 is 0 Å². The molecule has 7 heteroatoms. The Morgan fingerprint density at radius 2 is 1.61 bits per heavy atom. The zero-order valence-electron chi connectivity index (χ0n) is 18.7. The lowest BCUT2D eigenvalue weighted by Gasteiger charge is -2.22. The monoisotopic (exact) mass is 445 g/mol. The van der Waals surface area contributed by atoms with Gasteiger partial charge in [-0.15, -0.1) is 0 Å². The molecule has 0 saturated heterocycles. The molecule has 168 valence electrons. The molecule has 33 heavy (non-hydrogen) atoms. The summed E-state index contributed by atoms with van der Waals surface area (Å²) in [5.41, 5.74) is 2.39. The molecule has 1 amide bonds. The number of anilines is 1. The number of ether oxygens (including phenoxy) is 1. The van der Waals surface area contributed by atoms with Crippen LogP contribution in [0.25, 0.3) is 5.69 Å². The molecule has 4 aromatic rings. The Kier molecular flexibility index (Phi) is 6.13. The Balaban J connectivity index is 1.84. The molecule has 0 saturated carbocycles. The van der Waals surface area contributed by atoms with E-state index in [1.807, 2.05) is 42.5 Å². The summed E-state index contributed by atoms with van der Waals surface area (Å²) in [5, 5.41) is 0. The van der Waals surface area contributed by atoms with E-state index in [9.17, 15) is 14.0 Å².